The number of halogens is 1. The van der Waals surface area contributed by atoms with E-state index in [2.05, 4.69) is 15.0 Å². The van der Waals surface area contributed by atoms with E-state index in [1.54, 1.807) is 12.4 Å². The molecule has 5 N–H and O–H groups in total. The predicted octanol–water partition coefficient (Wildman–Crippen LogP) is 3.88. The molecule has 0 bridgehead atoms. The van der Waals surface area contributed by atoms with E-state index in [4.69, 9.17) is 28.1 Å². The molecule has 0 amide bonds. The minimum absolute atomic E-state index is 0. The summed E-state index contributed by atoms with van der Waals surface area (Å²) in [4.78, 5) is 17.3. The SMILES string of the molecule is Clc1ccc(-c2nc3c4cccnc4c4ncccc4c3[nH]2)cc1.NCCN.[Pt+2]. The number of nitrogens with zero attached hydrogens (tertiary/aromatic N) is 3. The van der Waals surface area contributed by atoms with Gasteiger partial charge in [-0.3, -0.25) is 9.97 Å². The Bertz CT molecular complexity index is 1180. The van der Waals surface area contributed by atoms with E-state index >= 15 is 0 Å². The van der Waals surface area contributed by atoms with Crippen LogP contribution in [0.25, 0.3) is 44.2 Å². The van der Waals surface area contributed by atoms with Crippen molar-refractivity contribution in [1.82, 2.24) is 19.9 Å². The minimum atomic E-state index is 0. The van der Waals surface area contributed by atoms with E-state index < -0.39 is 0 Å². The quantitative estimate of drug-likeness (QED) is 0.273. The third-order valence-electron chi connectivity index (χ3n) is 4.35. The number of imidazole rings is 1. The average molecular weight is 586 g/mol. The summed E-state index contributed by atoms with van der Waals surface area (Å²) in [5.41, 5.74) is 14.4. The van der Waals surface area contributed by atoms with Crippen molar-refractivity contribution >= 4 is 44.4 Å². The second-order valence-corrected chi connectivity index (χ2v) is 6.63. The van der Waals surface area contributed by atoms with E-state index in [-0.39, 0.29) is 21.1 Å². The van der Waals surface area contributed by atoms with Crippen molar-refractivity contribution in [2.45, 2.75) is 0 Å². The van der Waals surface area contributed by atoms with Gasteiger partial charge in [0.25, 0.3) is 0 Å². The number of pyridine rings is 2. The van der Waals surface area contributed by atoms with Crippen molar-refractivity contribution in [2.24, 2.45) is 11.5 Å². The molecule has 0 unspecified atom stereocenters. The third kappa shape index (κ3) is 4.16. The van der Waals surface area contributed by atoms with Crippen LogP contribution in [0.1, 0.15) is 0 Å². The van der Waals surface area contributed by atoms with E-state index in [1.807, 2.05) is 48.5 Å². The summed E-state index contributed by atoms with van der Waals surface area (Å²) in [5, 5.41) is 2.72. The van der Waals surface area contributed by atoms with Crippen molar-refractivity contribution in [3.8, 4) is 11.4 Å². The number of H-pyrrole nitrogens is 1. The maximum atomic E-state index is 5.99. The van der Waals surface area contributed by atoms with Gasteiger partial charge in [0, 0.05) is 46.8 Å². The molecule has 8 heteroatoms. The van der Waals surface area contributed by atoms with Crippen LogP contribution in [0.4, 0.5) is 0 Å². The fourth-order valence-corrected chi connectivity index (χ4v) is 3.21. The van der Waals surface area contributed by atoms with Crippen LogP contribution in [0, 0.1) is 0 Å². The molecule has 0 radical (unpaired) electrons. The van der Waals surface area contributed by atoms with Gasteiger partial charge in [-0.15, -0.1) is 0 Å². The first-order chi connectivity index (χ1) is 13.7. The third-order valence-corrected chi connectivity index (χ3v) is 4.60. The molecule has 0 aliphatic rings. The van der Waals surface area contributed by atoms with Crippen LogP contribution in [-0.4, -0.2) is 33.0 Å². The molecule has 0 spiro atoms. The molecule has 0 aliphatic heterocycles. The fraction of sp³-hybridized carbons (Fsp3) is 0.0952. The second kappa shape index (κ2) is 9.42. The molecular formula is C21H19ClN6Pt+2. The van der Waals surface area contributed by atoms with E-state index in [1.165, 1.54) is 0 Å². The van der Waals surface area contributed by atoms with Crippen molar-refractivity contribution in [3.63, 3.8) is 0 Å². The van der Waals surface area contributed by atoms with E-state index in [0.29, 0.717) is 18.1 Å². The normalized spacial score (nSPS) is 10.6. The number of aromatic nitrogens is 4. The smallest absolute Gasteiger partial charge is 0.337 e. The van der Waals surface area contributed by atoms with Crippen LogP contribution in [0.5, 0.6) is 0 Å². The number of nitrogens with one attached hydrogen (secondary N) is 1. The Morgan fingerprint density at radius 2 is 1.38 bits per heavy atom. The Kier molecular flexibility index (Phi) is 6.93. The van der Waals surface area contributed by atoms with Crippen LogP contribution in [0.2, 0.25) is 5.02 Å². The van der Waals surface area contributed by atoms with Crippen molar-refractivity contribution in [3.05, 3.63) is 65.9 Å². The molecule has 0 saturated carbocycles. The molecule has 0 atom stereocenters. The number of rotatable bonds is 2. The summed E-state index contributed by atoms with van der Waals surface area (Å²) in [5.74, 6) is 0.808. The standard InChI is InChI=1S/C19H11ClN4.C2H8N2.Pt/c20-12-7-5-11(6-8-12)19-23-17-13-3-1-9-21-15(13)16-14(18(17)24-19)4-2-10-22-16;3-1-2-4;/h1-10H,(H,23,24);1-4H2;/q;;+2. The van der Waals surface area contributed by atoms with Crippen LogP contribution in [0.15, 0.2) is 60.9 Å². The van der Waals surface area contributed by atoms with Gasteiger partial charge >= 0.3 is 21.1 Å². The van der Waals surface area contributed by atoms with E-state index in [0.717, 1.165) is 44.2 Å². The summed E-state index contributed by atoms with van der Waals surface area (Å²) in [6.07, 6.45) is 3.58. The fourth-order valence-electron chi connectivity index (χ4n) is 3.09. The molecule has 2 aromatic carbocycles. The van der Waals surface area contributed by atoms with Gasteiger partial charge in [0.15, 0.2) is 0 Å². The van der Waals surface area contributed by atoms with Crippen LogP contribution in [-0.2, 0) is 21.1 Å². The first-order valence-electron chi connectivity index (χ1n) is 8.90. The Hall–Kier alpha value is -2.37. The van der Waals surface area contributed by atoms with Gasteiger partial charge in [0.05, 0.1) is 22.1 Å². The van der Waals surface area contributed by atoms with Gasteiger partial charge in [-0.25, -0.2) is 4.98 Å². The summed E-state index contributed by atoms with van der Waals surface area (Å²) in [6, 6.07) is 15.6. The van der Waals surface area contributed by atoms with Crippen molar-refractivity contribution < 1.29 is 21.1 Å². The Balaban J connectivity index is 0.000000443. The van der Waals surface area contributed by atoms with Gasteiger partial charge in [-0.2, -0.15) is 0 Å². The van der Waals surface area contributed by atoms with Crippen LogP contribution < -0.4 is 11.5 Å². The number of fused-ring (bicyclic) bond motifs is 6. The van der Waals surface area contributed by atoms with Gasteiger partial charge in [-0.05, 0) is 48.5 Å². The molecule has 3 heterocycles. The molecule has 29 heavy (non-hydrogen) atoms. The molecule has 0 aliphatic carbocycles. The Labute approximate surface area is 187 Å². The van der Waals surface area contributed by atoms with Crippen LogP contribution >= 0.6 is 11.6 Å². The molecule has 148 valence electrons. The summed E-state index contributed by atoms with van der Waals surface area (Å²) < 4.78 is 0. The molecule has 0 saturated heterocycles. The molecule has 5 aromatic rings. The average Bonchev–Trinajstić information content (AvgIpc) is 3.20. The number of nitrogens with two attached hydrogens (primary N) is 2. The zero-order valence-corrected chi connectivity index (χ0v) is 18.4. The zero-order chi connectivity index (χ0) is 19.5. The zero-order valence-electron chi connectivity index (χ0n) is 15.4. The van der Waals surface area contributed by atoms with Crippen LogP contribution in [0.3, 0.4) is 0 Å². The minimum Gasteiger partial charge on any atom is -0.337 e. The Morgan fingerprint density at radius 3 is 2.00 bits per heavy atom. The topological polar surface area (TPSA) is 106 Å². The number of aromatic amines is 1. The number of benzene rings is 2. The summed E-state index contributed by atoms with van der Waals surface area (Å²) in [7, 11) is 0. The molecule has 5 rings (SSSR count). The summed E-state index contributed by atoms with van der Waals surface area (Å²) >= 11 is 5.99. The first kappa shape index (κ1) is 21.3. The maximum absolute atomic E-state index is 5.99. The Morgan fingerprint density at radius 1 is 0.793 bits per heavy atom. The van der Waals surface area contributed by atoms with E-state index in [9.17, 15) is 0 Å². The number of hydrogen-bond donors (Lipinski definition) is 3. The van der Waals surface area contributed by atoms with Gasteiger partial charge in [0.1, 0.15) is 5.82 Å². The second-order valence-electron chi connectivity index (χ2n) is 6.19. The van der Waals surface area contributed by atoms with Gasteiger partial charge < -0.3 is 16.5 Å². The predicted molar refractivity (Wildman–Crippen MR) is 115 cm³/mol. The van der Waals surface area contributed by atoms with Gasteiger partial charge in [-0.1, -0.05) is 11.6 Å². The first-order valence-corrected chi connectivity index (χ1v) is 9.28. The summed E-state index contributed by atoms with van der Waals surface area (Å²) in [6.45, 7) is 1.19. The largest absolute Gasteiger partial charge is 2.00 e. The maximum Gasteiger partial charge on any atom is 2.00 e. The number of hydrogen-bond acceptors (Lipinski definition) is 5. The van der Waals surface area contributed by atoms with Gasteiger partial charge in [0.2, 0.25) is 0 Å². The van der Waals surface area contributed by atoms with Crippen molar-refractivity contribution in [1.29, 1.82) is 0 Å². The molecular weight excluding hydrogens is 567 g/mol. The monoisotopic (exact) mass is 585 g/mol. The van der Waals surface area contributed by atoms with Crippen molar-refractivity contribution in [2.75, 3.05) is 13.1 Å². The molecule has 0 fully saturated rings. The molecule has 6 nitrogen and oxygen atoms in total. The molecule has 3 aromatic heterocycles.